The summed E-state index contributed by atoms with van der Waals surface area (Å²) in [6, 6.07) is 0.149. The van der Waals surface area contributed by atoms with E-state index >= 15 is 0 Å². The molecule has 0 amide bonds. The van der Waals surface area contributed by atoms with E-state index in [1.165, 1.54) is 0 Å². The second-order valence-electron chi connectivity index (χ2n) is 3.25. The highest BCUT2D eigenvalue weighted by Crippen LogP contribution is 2.16. The molecule has 1 fully saturated rings. The molecule has 2 N–H and O–H groups in total. The van der Waals surface area contributed by atoms with Crippen molar-refractivity contribution in [2.45, 2.75) is 25.5 Å². The summed E-state index contributed by atoms with van der Waals surface area (Å²) in [6.45, 7) is 3.64. The Morgan fingerprint density at radius 2 is 2.33 bits per heavy atom. The van der Waals surface area contributed by atoms with E-state index in [1.54, 1.807) is 0 Å². The molecule has 0 spiro atoms. The molecular formula is C9H17NO2. The van der Waals surface area contributed by atoms with Crippen LogP contribution in [-0.4, -0.2) is 47.0 Å². The molecule has 0 aromatic heterocycles. The van der Waals surface area contributed by atoms with Gasteiger partial charge >= 0.3 is 0 Å². The Hall–Kier alpha value is -0.380. The summed E-state index contributed by atoms with van der Waals surface area (Å²) in [5, 5.41) is 18.3. The first kappa shape index (κ1) is 9.71. The van der Waals surface area contributed by atoms with E-state index in [0.717, 1.165) is 6.54 Å². The van der Waals surface area contributed by atoms with E-state index in [4.69, 9.17) is 5.11 Å². The Bertz CT molecular complexity index is 159. The van der Waals surface area contributed by atoms with E-state index < -0.39 is 0 Å². The third-order valence-electron chi connectivity index (χ3n) is 2.29. The molecule has 3 heteroatoms. The SMILES string of the molecule is C/C=C/CN1C[C@H](O)C[C@H]1CO. The Labute approximate surface area is 73.3 Å². The fourth-order valence-electron chi connectivity index (χ4n) is 1.61. The van der Waals surface area contributed by atoms with Gasteiger partial charge in [-0.15, -0.1) is 0 Å². The van der Waals surface area contributed by atoms with Crippen LogP contribution in [0.15, 0.2) is 12.2 Å². The van der Waals surface area contributed by atoms with E-state index in [2.05, 4.69) is 4.90 Å². The first-order valence-electron chi connectivity index (χ1n) is 4.42. The van der Waals surface area contributed by atoms with Crippen LogP contribution in [-0.2, 0) is 0 Å². The smallest absolute Gasteiger partial charge is 0.0683 e. The van der Waals surface area contributed by atoms with Gasteiger partial charge in [0.2, 0.25) is 0 Å². The molecule has 70 valence electrons. The lowest BCUT2D eigenvalue weighted by atomic mass is 10.2. The van der Waals surface area contributed by atoms with Crippen LogP contribution in [0.25, 0.3) is 0 Å². The van der Waals surface area contributed by atoms with Crippen molar-refractivity contribution in [3.8, 4) is 0 Å². The number of aliphatic hydroxyl groups is 2. The van der Waals surface area contributed by atoms with Crippen molar-refractivity contribution in [2.75, 3.05) is 19.7 Å². The Morgan fingerprint density at radius 3 is 2.92 bits per heavy atom. The molecule has 0 radical (unpaired) electrons. The lowest BCUT2D eigenvalue weighted by Crippen LogP contribution is -2.32. The fraction of sp³-hybridized carbons (Fsp3) is 0.778. The first-order chi connectivity index (χ1) is 5.77. The molecule has 1 aliphatic rings. The molecule has 1 saturated heterocycles. The zero-order valence-corrected chi connectivity index (χ0v) is 7.48. The van der Waals surface area contributed by atoms with E-state index in [-0.39, 0.29) is 18.8 Å². The summed E-state index contributed by atoms with van der Waals surface area (Å²) >= 11 is 0. The third kappa shape index (κ3) is 2.30. The molecule has 1 heterocycles. The summed E-state index contributed by atoms with van der Waals surface area (Å²) in [5.74, 6) is 0. The topological polar surface area (TPSA) is 43.7 Å². The van der Waals surface area contributed by atoms with Crippen molar-refractivity contribution in [1.29, 1.82) is 0 Å². The van der Waals surface area contributed by atoms with Gasteiger partial charge in [0, 0.05) is 19.1 Å². The van der Waals surface area contributed by atoms with Crippen LogP contribution in [0.3, 0.4) is 0 Å². The Balaban J connectivity index is 2.40. The fourth-order valence-corrected chi connectivity index (χ4v) is 1.61. The Morgan fingerprint density at radius 1 is 1.58 bits per heavy atom. The number of hydrogen-bond donors (Lipinski definition) is 2. The maximum absolute atomic E-state index is 9.32. The van der Waals surface area contributed by atoms with Crippen molar-refractivity contribution in [3.63, 3.8) is 0 Å². The standard InChI is InChI=1S/C9H17NO2/c1-2-3-4-10-6-9(12)5-8(10)7-11/h2-3,8-9,11-12H,4-7H2,1H3/b3-2+/t8-,9+/m0/s1. The molecule has 1 aliphatic heterocycles. The summed E-state index contributed by atoms with van der Waals surface area (Å²) in [5.41, 5.74) is 0. The largest absolute Gasteiger partial charge is 0.395 e. The molecule has 0 saturated carbocycles. The zero-order chi connectivity index (χ0) is 8.97. The zero-order valence-electron chi connectivity index (χ0n) is 7.48. The molecule has 0 bridgehead atoms. The van der Waals surface area contributed by atoms with Crippen LogP contribution in [0.4, 0.5) is 0 Å². The Kier molecular flexibility index (Phi) is 3.72. The molecule has 12 heavy (non-hydrogen) atoms. The minimum Gasteiger partial charge on any atom is -0.395 e. The highest BCUT2D eigenvalue weighted by molar-refractivity contribution is 4.90. The molecular weight excluding hydrogens is 154 g/mol. The number of β-amino-alcohol motifs (C(OH)–C–C–N with tert-alkyl or cyclic N) is 1. The van der Waals surface area contributed by atoms with Gasteiger partial charge in [-0.25, -0.2) is 0 Å². The van der Waals surface area contributed by atoms with Crippen molar-refractivity contribution in [1.82, 2.24) is 4.90 Å². The average molecular weight is 171 g/mol. The highest BCUT2D eigenvalue weighted by atomic mass is 16.3. The molecule has 0 aromatic rings. The molecule has 0 aromatic carbocycles. The van der Waals surface area contributed by atoms with Gasteiger partial charge in [0.05, 0.1) is 12.7 Å². The first-order valence-corrected chi connectivity index (χ1v) is 4.42. The van der Waals surface area contributed by atoms with Crippen LogP contribution in [0.1, 0.15) is 13.3 Å². The molecule has 3 nitrogen and oxygen atoms in total. The molecule has 2 atom stereocenters. The van der Waals surface area contributed by atoms with Gasteiger partial charge in [-0.3, -0.25) is 4.90 Å². The molecule has 0 aliphatic carbocycles. The number of allylic oxidation sites excluding steroid dienone is 1. The average Bonchev–Trinajstić information content (AvgIpc) is 2.42. The maximum Gasteiger partial charge on any atom is 0.0683 e. The van der Waals surface area contributed by atoms with Gasteiger partial charge in [-0.2, -0.15) is 0 Å². The predicted molar refractivity (Wildman–Crippen MR) is 47.9 cm³/mol. The van der Waals surface area contributed by atoms with Crippen LogP contribution < -0.4 is 0 Å². The van der Waals surface area contributed by atoms with E-state index in [1.807, 2.05) is 19.1 Å². The minimum atomic E-state index is -0.257. The highest BCUT2D eigenvalue weighted by Gasteiger charge is 2.28. The monoisotopic (exact) mass is 171 g/mol. The van der Waals surface area contributed by atoms with Crippen LogP contribution in [0.5, 0.6) is 0 Å². The van der Waals surface area contributed by atoms with Gasteiger partial charge in [0.25, 0.3) is 0 Å². The van der Waals surface area contributed by atoms with Crippen molar-refractivity contribution < 1.29 is 10.2 Å². The predicted octanol–water partition coefficient (Wildman–Crippen LogP) is -0.01000. The van der Waals surface area contributed by atoms with Gasteiger partial charge < -0.3 is 10.2 Å². The summed E-state index contributed by atoms with van der Waals surface area (Å²) in [6.07, 6.45) is 4.47. The number of aliphatic hydroxyl groups excluding tert-OH is 2. The van der Waals surface area contributed by atoms with Gasteiger partial charge in [0.1, 0.15) is 0 Å². The van der Waals surface area contributed by atoms with Crippen LogP contribution >= 0.6 is 0 Å². The van der Waals surface area contributed by atoms with E-state index in [9.17, 15) is 5.11 Å². The van der Waals surface area contributed by atoms with Crippen LogP contribution in [0.2, 0.25) is 0 Å². The second-order valence-corrected chi connectivity index (χ2v) is 3.25. The maximum atomic E-state index is 9.32. The van der Waals surface area contributed by atoms with Crippen molar-refractivity contribution >= 4 is 0 Å². The quantitative estimate of drug-likeness (QED) is 0.587. The number of likely N-dealkylation sites (tertiary alicyclic amines) is 1. The van der Waals surface area contributed by atoms with Gasteiger partial charge in [-0.05, 0) is 13.3 Å². The lowest BCUT2D eigenvalue weighted by Gasteiger charge is -2.19. The molecule has 0 unspecified atom stereocenters. The van der Waals surface area contributed by atoms with Crippen molar-refractivity contribution in [2.24, 2.45) is 0 Å². The van der Waals surface area contributed by atoms with Gasteiger partial charge in [-0.1, -0.05) is 12.2 Å². The normalized spacial score (nSPS) is 31.9. The van der Waals surface area contributed by atoms with Gasteiger partial charge in [0.15, 0.2) is 0 Å². The molecule has 1 rings (SSSR count). The van der Waals surface area contributed by atoms with Crippen molar-refractivity contribution in [3.05, 3.63) is 12.2 Å². The summed E-state index contributed by atoms with van der Waals surface area (Å²) in [7, 11) is 0. The third-order valence-corrected chi connectivity index (χ3v) is 2.29. The second kappa shape index (κ2) is 4.60. The lowest BCUT2D eigenvalue weighted by molar-refractivity contribution is 0.167. The summed E-state index contributed by atoms with van der Waals surface area (Å²) in [4.78, 5) is 2.10. The number of nitrogens with zero attached hydrogens (tertiary/aromatic N) is 1. The number of hydrogen-bond acceptors (Lipinski definition) is 3. The number of rotatable bonds is 3. The van der Waals surface area contributed by atoms with E-state index in [0.29, 0.717) is 13.0 Å². The minimum absolute atomic E-state index is 0.147. The summed E-state index contributed by atoms with van der Waals surface area (Å²) < 4.78 is 0. The van der Waals surface area contributed by atoms with Crippen LogP contribution in [0, 0.1) is 0 Å².